The number of likely N-dealkylation sites (N-methyl/N-ethyl adjacent to an activating group) is 2. The molecule has 18 heavy (non-hydrogen) atoms. The Kier molecular flexibility index (Phi) is 4.14. The van der Waals surface area contributed by atoms with E-state index in [-0.39, 0.29) is 11.8 Å². The van der Waals surface area contributed by atoms with Gasteiger partial charge in [-0.1, -0.05) is 0 Å². The second kappa shape index (κ2) is 5.63. The highest BCUT2D eigenvalue weighted by atomic mass is 16.1. The van der Waals surface area contributed by atoms with Crippen LogP contribution in [0.15, 0.2) is 12.3 Å². The van der Waals surface area contributed by atoms with E-state index < -0.39 is 0 Å². The predicted octanol–water partition coefficient (Wildman–Crippen LogP) is 0.722. The van der Waals surface area contributed by atoms with Crippen molar-refractivity contribution < 1.29 is 4.79 Å². The van der Waals surface area contributed by atoms with Gasteiger partial charge in [-0.3, -0.25) is 14.4 Å². The average molecular weight is 250 g/mol. The van der Waals surface area contributed by atoms with Gasteiger partial charge in [0, 0.05) is 19.3 Å². The van der Waals surface area contributed by atoms with Crippen molar-refractivity contribution in [2.45, 2.75) is 25.9 Å². The first-order valence-electron chi connectivity index (χ1n) is 6.58. The predicted molar refractivity (Wildman–Crippen MR) is 70.8 cm³/mol. The van der Waals surface area contributed by atoms with Gasteiger partial charge in [0.1, 0.15) is 5.69 Å². The van der Waals surface area contributed by atoms with Crippen LogP contribution in [0, 0.1) is 0 Å². The Hall–Kier alpha value is -1.20. The smallest absolute Gasteiger partial charge is 0.199 e. The minimum absolute atomic E-state index is 0.0560. The van der Waals surface area contributed by atoms with Crippen molar-refractivity contribution in [1.82, 2.24) is 19.6 Å². The number of Topliss-reactive ketones (excluding diaryl/α,β-unsaturated/α-hetero) is 1. The standard InChI is InChI=1S/C13H22N4O/c1-4-17-11(6-7-14-17)13(18)12-10-15(2)8-5-9-16(12)3/h6-7,12H,4-5,8-10H2,1-3H3. The minimum Gasteiger partial charge on any atom is -0.304 e. The molecule has 1 aromatic heterocycles. The summed E-state index contributed by atoms with van der Waals surface area (Å²) < 4.78 is 1.78. The lowest BCUT2D eigenvalue weighted by Gasteiger charge is -2.26. The van der Waals surface area contributed by atoms with Gasteiger partial charge >= 0.3 is 0 Å². The monoisotopic (exact) mass is 250 g/mol. The highest BCUT2D eigenvalue weighted by Crippen LogP contribution is 2.13. The fraction of sp³-hybridized carbons (Fsp3) is 0.692. The molecule has 1 aliphatic heterocycles. The molecule has 100 valence electrons. The number of aromatic nitrogens is 2. The van der Waals surface area contributed by atoms with E-state index in [1.807, 2.05) is 20.0 Å². The molecule has 1 fully saturated rings. The summed E-state index contributed by atoms with van der Waals surface area (Å²) in [6, 6.07) is 1.77. The van der Waals surface area contributed by atoms with Crippen LogP contribution in [0.2, 0.25) is 0 Å². The number of hydrogen-bond donors (Lipinski definition) is 0. The van der Waals surface area contributed by atoms with Crippen LogP contribution < -0.4 is 0 Å². The molecule has 1 aromatic rings. The maximum atomic E-state index is 12.6. The maximum absolute atomic E-state index is 12.6. The summed E-state index contributed by atoms with van der Waals surface area (Å²) >= 11 is 0. The van der Waals surface area contributed by atoms with Crippen LogP contribution in [0.1, 0.15) is 23.8 Å². The van der Waals surface area contributed by atoms with Crippen molar-refractivity contribution in [3.63, 3.8) is 0 Å². The quantitative estimate of drug-likeness (QED) is 0.741. The molecule has 0 radical (unpaired) electrons. The van der Waals surface area contributed by atoms with Crippen molar-refractivity contribution in [3.8, 4) is 0 Å². The Bertz CT molecular complexity index is 415. The molecule has 1 aliphatic rings. The SMILES string of the molecule is CCn1nccc1C(=O)C1CN(C)CCCN1C. The highest BCUT2D eigenvalue weighted by Gasteiger charge is 2.29. The second-order valence-electron chi connectivity index (χ2n) is 5.01. The number of rotatable bonds is 3. The number of carbonyl (C=O) groups excluding carboxylic acids is 1. The van der Waals surface area contributed by atoms with Gasteiger partial charge in [0.25, 0.3) is 0 Å². The van der Waals surface area contributed by atoms with Gasteiger partial charge in [-0.25, -0.2) is 0 Å². The molecule has 2 rings (SSSR count). The highest BCUT2D eigenvalue weighted by molar-refractivity contribution is 5.98. The van der Waals surface area contributed by atoms with Crippen molar-refractivity contribution in [2.75, 3.05) is 33.7 Å². The van der Waals surface area contributed by atoms with Gasteiger partial charge in [-0.2, -0.15) is 5.10 Å². The number of hydrogen-bond acceptors (Lipinski definition) is 4. The summed E-state index contributed by atoms with van der Waals surface area (Å²) in [4.78, 5) is 17.0. The van der Waals surface area contributed by atoms with Crippen molar-refractivity contribution >= 4 is 5.78 Å². The van der Waals surface area contributed by atoms with E-state index in [1.54, 1.807) is 10.9 Å². The number of ketones is 1. The lowest BCUT2D eigenvalue weighted by atomic mass is 10.1. The molecule has 1 atom stereocenters. The van der Waals surface area contributed by atoms with Gasteiger partial charge in [-0.15, -0.1) is 0 Å². The van der Waals surface area contributed by atoms with Crippen LogP contribution in [0.5, 0.6) is 0 Å². The zero-order valence-electron chi connectivity index (χ0n) is 11.5. The van der Waals surface area contributed by atoms with E-state index in [2.05, 4.69) is 21.9 Å². The lowest BCUT2D eigenvalue weighted by molar-refractivity contribution is 0.0828. The van der Waals surface area contributed by atoms with Crippen LogP contribution in [0.3, 0.4) is 0 Å². The summed E-state index contributed by atoms with van der Waals surface area (Å²) in [6.45, 7) is 5.57. The average Bonchev–Trinajstić information content (AvgIpc) is 2.76. The van der Waals surface area contributed by atoms with E-state index >= 15 is 0 Å². The maximum Gasteiger partial charge on any atom is 0.199 e. The minimum atomic E-state index is -0.0560. The summed E-state index contributed by atoms with van der Waals surface area (Å²) in [5.74, 6) is 0.186. The Morgan fingerprint density at radius 1 is 1.44 bits per heavy atom. The third kappa shape index (κ3) is 2.62. The fourth-order valence-corrected chi connectivity index (χ4v) is 2.52. The first-order chi connectivity index (χ1) is 8.63. The molecule has 2 heterocycles. The van der Waals surface area contributed by atoms with Crippen LogP contribution in [-0.2, 0) is 6.54 Å². The normalized spacial score (nSPS) is 22.9. The largest absolute Gasteiger partial charge is 0.304 e. The molecular formula is C13H22N4O. The molecule has 5 heteroatoms. The third-order valence-corrected chi connectivity index (χ3v) is 3.64. The Morgan fingerprint density at radius 2 is 2.22 bits per heavy atom. The van der Waals surface area contributed by atoms with Gasteiger partial charge in [0.2, 0.25) is 0 Å². The number of nitrogens with zero attached hydrogens (tertiary/aromatic N) is 4. The second-order valence-corrected chi connectivity index (χ2v) is 5.01. The van der Waals surface area contributed by atoms with Crippen LogP contribution in [-0.4, -0.2) is 65.1 Å². The Morgan fingerprint density at radius 3 is 2.94 bits per heavy atom. The molecule has 0 aromatic carbocycles. The summed E-state index contributed by atoms with van der Waals surface area (Å²) in [5, 5.41) is 4.18. The fourth-order valence-electron chi connectivity index (χ4n) is 2.52. The Labute approximate surface area is 108 Å². The van der Waals surface area contributed by atoms with E-state index in [0.29, 0.717) is 0 Å². The summed E-state index contributed by atoms with van der Waals surface area (Å²) in [7, 11) is 4.12. The van der Waals surface area contributed by atoms with Crippen LogP contribution >= 0.6 is 0 Å². The van der Waals surface area contributed by atoms with Crippen molar-refractivity contribution in [2.24, 2.45) is 0 Å². The molecule has 1 unspecified atom stereocenters. The van der Waals surface area contributed by atoms with E-state index in [4.69, 9.17) is 0 Å². The molecular weight excluding hydrogens is 228 g/mol. The first-order valence-corrected chi connectivity index (χ1v) is 6.58. The summed E-state index contributed by atoms with van der Waals surface area (Å²) in [6.07, 6.45) is 2.82. The molecule has 0 bridgehead atoms. The van der Waals surface area contributed by atoms with E-state index in [0.717, 1.165) is 38.3 Å². The van der Waals surface area contributed by atoms with Gasteiger partial charge in [0.05, 0.1) is 6.04 Å². The van der Waals surface area contributed by atoms with Gasteiger partial charge in [-0.05, 0) is 46.6 Å². The molecule has 0 aliphatic carbocycles. The molecule has 0 saturated carbocycles. The van der Waals surface area contributed by atoms with E-state index in [9.17, 15) is 4.79 Å². The molecule has 0 N–H and O–H groups in total. The number of aryl methyl sites for hydroxylation is 1. The van der Waals surface area contributed by atoms with Gasteiger partial charge in [0.15, 0.2) is 5.78 Å². The molecule has 0 spiro atoms. The summed E-state index contributed by atoms with van der Waals surface area (Å²) in [5.41, 5.74) is 0.727. The topological polar surface area (TPSA) is 41.4 Å². The van der Waals surface area contributed by atoms with E-state index in [1.165, 1.54) is 0 Å². The zero-order valence-corrected chi connectivity index (χ0v) is 11.5. The van der Waals surface area contributed by atoms with Crippen LogP contribution in [0.25, 0.3) is 0 Å². The van der Waals surface area contributed by atoms with Crippen molar-refractivity contribution in [1.29, 1.82) is 0 Å². The first kappa shape index (κ1) is 13.2. The number of carbonyl (C=O) groups is 1. The molecule has 1 saturated heterocycles. The van der Waals surface area contributed by atoms with Crippen LogP contribution in [0.4, 0.5) is 0 Å². The van der Waals surface area contributed by atoms with Gasteiger partial charge < -0.3 is 4.90 Å². The molecule has 0 amide bonds. The van der Waals surface area contributed by atoms with Crippen molar-refractivity contribution in [3.05, 3.63) is 18.0 Å². The zero-order chi connectivity index (χ0) is 13.1. The third-order valence-electron chi connectivity index (χ3n) is 3.64. The molecule has 5 nitrogen and oxygen atoms in total. The lowest BCUT2D eigenvalue weighted by Crippen LogP contribution is -2.44. The Balaban J connectivity index is 2.20.